The van der Waals surface area contributed by atoms with Crippen LogP contribution in [0.5, 0.6) is 0 Å². The molecule has 1 aromatic heterocycles. The van der Waals surface area contributed by atoms with Crippen molar-refractivity contribution in [3.63, 3.8) is 0 Å². The molecule has 8 nitrogen and oxygen atoms in total. The molecule has 190 valence electrons. The number of nitrogens with two attached hydrogens (primary N) is 1. The maximum atomic E-state index is 13.2. The molecule has 1 amide bonds. The lowest BCUT2D eigenvalue weighted by Gasteiger charge is -2.27. The van der Waals surface area contributed by atoms with Crippen LogP contribution in [0.1, 0.15) is 43.4 Å². The molecule has 0 bridgehead atoms. The zero-order valence-corrected chi connectivity index (χ0v) is 20.1. The van der Waals surface area contributed by atoms with E-state index in [1.165, 1.54) is 16.8 Å². The van der Waals surface area contributed by atoms with Gasteiger partial charge in [0.05, 0.1) is 33.6 Å². The van der Waals surface area contributed by atoms with Gasteiger partial charge in [-0.25, -0.2) is 13.1 Å². The third-order valence-electron chi connectivity index (χ3n) is 6.95. The monoisotopic (exact) mass is 511 g/mol. The second-order valence-corrected chi connectivity index (χ2v) is 12.4. The smallest absolute Gasteiger partial charge is 0.343 e. The van der Waals surface area contributed by atoms with Crippen LogP contribution in [0.15, 0.2) is 30.3 Å². The molecule has 0 spiro atoms. The molecule has 5 rings (SSSR count). The van der Waals surface area contributed by atoms with E-state index in [-0.39, 0.29) is 30.5 Å². The van der Waals surface area contributed by atoms with E-state index in [0.717, 1.165) is 25.0 Å². The lowest BCUT2D eigenvalue weighted by molar-refractivity contribution is -0.137. The number of hydrogen-bond acceptors (Lipinski definition) is 6. The van der Waals surface area contributed by atoms with Crippen LogP contribution in [0.2, 0.25) is 0 Å². The SMILES string of the molecule is Cc1cc(N2CC(S(=O)(=O)CC3CC3)CC2C(=O)NC2(N)CC2)n(-c2ccc(C(F)(F)F)cc2)n1. The van der Waals surface area contributed by atoms with E-state index in [0.29, 0.717) is 30.0 Å². The van der Waals surface area contributed by atoms with Gasteiger partial charge >= 0.3 is 6.18 Å². The third kappa shape index (κ3) is 5.04. The number of aromatic nitrogens is 2. The number of carbonyl (C=O) groups is 1. The largest absolute Gasteiger partial charge is 0.416 e. The van der Waals surface area contributed by atoms with Crippen LogP contribution in [0.3, 0.4) is 0 Å². The molecule has 12 heteroatoms. The summed E-state index contributed by atoms with van der Waals surface area (Å²) in [4.78, 5) is 14.9. The average molecular weight is 512 g/mol. The highest BCUT2D eigenvalue weighted by atomic mass is 32.2. The van der Waals surface area contributed by atoms with Gasteiger partial charge in [-0.15, -0.1) is 0 Å². The van der Waals surface area contributed by atoms with Crippen molar-refractivity contribution in [2.75, 3.05) is 17.2 Å². The van der Waals surface area contributed by atoms with E-state index in [1.807, 2.05) is 0 Å². The molecule has 1 aliphatic heterocycles. The minimum atomic E-state index is -4.47. The number of carbonyl (C=O) groups excluding carboxylic acids is 1. The van der Waals surface area contributed by atoms with Crippen LogP contribution < -0.4 is 16.0 Å². The number of rotatable bonds is 7. The molecule has 1 saturated heterocycles. The second kappa shape index (κ2) is 8.22. The standard InChI is InChI=1S/C23H28F3N5O3S/c1-14-10-20(31(29-14)17-6-4-16(5-7-17)23(24,25)26)30-12-18(35(33,34)13-15-2-3-15)11-19(30)21(32)28-22(27)8-9-22/h4-7,10,15,18-19H,2-3,8-9,11-13,27H2,1H3,(H,28,32). The van der Waals surface area contributed by atoms with Crippen molar-refractivity contribution in [3.8, 4) is 5.69 Å². The van der Waals surface area contributed by atoms with Gasteiger partial charge in [-0.1, -0.05) is 0 Å². The molecule has 3 fully saturated rings. The topological polar surface area (TPSA) is 110 Å². The Morgan fingerprint density at radius 1 is 1.23 bits per heavy atom. The quantitative estimate of drug-likeness (QED) is 0.553. The summed E-state index contributed by atoms with van der Waals surface area (Å²) in [6.45, 7) is 1.83. The van der Waals surface area contributed by atoms with E-state index in [9.17, 15) is 26.4 Å². The lowest BCUT2D eigenvalue weighted by Crippen LogP contribution is -2.52. The second-order valence-electron chi connectivity index (χ2n) is 10.0. The number of anilines is 1. The third-order valence-corrected chi connectivity index (χ3v) is 9.24. The Labute approximate surface area is 201 Å². The molecule has 2 atom stereocenters. The molecule has 3 aliphatic rings. The lowest BCUT2D eigenvalue weighted by atomic mass is 10.2. The van der Waals surface area contributed by atoms with Crippen molar-refractivity contribution in [3.05, 3.63) is 41.6 Å². The zero-order chi connectivity index (χ0) is 25.2. The molecule has 2 heterocycles. The first kappa shape index (κ1) is 24.1. The van der Waals surface area contributed by atoms with Crippen molar-refractivity contribution in [2.24, 2.45) is 11.7 Å². The Kier molecular flexibility index (Phi) is 5.67. The first-order valence-corrected chi connectivity index (χ1v) is 13.4. The highest BCUT2D eigenvalue weighted by molar-refractivity contribution is 7.92. The molecule has 1 aromatic carbocycles. The summed E-state index contributed by atoms with van der Waals surface area (Å²) in [7, 11) is -3.43. The first-order chi connectivity index (χ1) is 16.3. The number of amides is 1. The number of alkyl halides is 3. The molecule has 35 heavy (non-hydrogen) atoms. The molecule has 0 radical (unpaired) electrons. The Bertz CT molecular complexity index is 1230. The average Bonchev–Trinajstić information content (AvgIpc) is 3.62. The van der Waals surface area contributed by atoms with Crippen LogP contribution >= 0.6 is 0 Å². The fourth-order valence-electron chi connectivity index (χ4n) is 4.57. The van der Waals surface area contributed by atoms with E-state index >= 15 is 0 Å². The summed E-state index contributed by atoms with van der Waals surface area (Å²) in [6, 6.07) is 5.48. The molecule has 2 aliphatic carbocycles. The summed E-state index contributed by atoms with van der Waals surface area (Å²) in [6.07, 6.45) is -1.25. The van der Waals surface area contributed by atoms with Crippen molar-refractivity contribution in [1.82, 2.24) is 15.1 Å². The minimum absolute atomic E-state index is 0.0937. The Hall–Kier alpha value is -2.60. The molecule has 2 aromatic rings. The summed E-state index contributed by atoms with van der Waals surface area (Å²) < 4.78 is 66.8. The van der Waals surface area contributed by atoms with Crippen LogP contribution in [0, 0.1) is 12.8 Å². The van der Waals surface area contributed by atoms with Gasteiger partial charge in [-0.3, -0.25) is 4.79 Å². The number of sulfone groups is 1. The maximum Gasteiger partial charge on any atom is 0.416 e. The van der Waals surface area contributed by atoms with Gasteiger partial charge in [0.25, 0.3) is 0 Å². The van der Waals surface area contributed by atoms with Crippen LogP contribution in [-0.2, 0) is 20.8 Å². The van der Waals surface area contributed by atoms with Crippen LogP contribution in [0.4, 0.5) is 19.0 Å². The molecular weight excluding hydrogens is 483 g/mol. The van der Waals surface area contributed by atoms with Crippen molar-refractivity contribution in [2.45, 2.75) is 62.2 Å². The Morgan fingerprint density at radius 3 is 2.46 bits per heavy atom. The predicted molar refractivity (Wildman–Crippen MR) is 124 cm³/mol. The summed E-state index contributed by atoms with van der Waals surface area (Å²) in [5.74, 6) is 0.387. The van der Waals surface area contributed by atoms with Gasteiger partial charge in [0, 0.05) is 12.6 Å². The number of nitrogens with zero attached hydrogens (tertiary/aromatic N) is 3. The molecule has 2 saturated carbocycles. The molecular formula is C23H28F3N5O3S. The number of nitrogens with one attached hydrogen (secondary N) is 1. The van der Waals surface area contributed by atoms with Crippen LogP contribution in [0.25, 0.3) is 5.69 Å². The molecule has 2 unspecified atom stereocenters. The normalized spacial score (nSPS) is 24.0. The number of halogens is 3. The van der Waals surface area contributed by atoms with Gasteiger partial charge in [0.15, 0.2) is 9.84 Å². The Balaban J connectivity index is 1.48. The van der Waals surface area contributed by atoms with Crippen molar-refractivity contribution in [1.29, 1.82) is 0 Å². The van der Waals surface area contributed by atoms with Crippen molar-refractivity contribution < 1.29 is 26.4 Å². The highest BCUT2D eigenvalue weighted by Gasteiger charge is 2.48. The number of aryl methyl sites for hydroxylation is 1. The Morgan fingerprint density at radius 2 is 1.89 bits per heavy atom. The fourth-order valence-corrected chi connectivity index (χ4v) is 6.69. The summed E-state index contributed by atoms with van der Waals surface area (Å²) in [5, 5.41) is 6.53. The molecule has 3 N–H and O–H groups in total. The maximum absolute atomic E-state index is 13.2. The van der Waals surface area contributed by atoms with E-state index < -0.39 is 38.5 Å². The van der Waals surface area contributed by atoms with Gasteiger partial charge in [0.1, 0.15) is 11.9 Å². The van der Waals surface area contributed by atoms with E-state index in [4.69, 9.17) is 5.73 Å². The van der Waals surface area contributed by atoms with E-state index in [1.54, 1.807) is 17.9 Å². The van der Waals surface area contributed by atoms with Crippen LogP contribution in [-0.4, -0.2) is 53.4 Å². The predicted octanol–water partition coefficient (Wildman–Crippen LogP) is 2.54. The van der Waals surface area contributed by atoms with Gasteiger partial charge < -0.3 is 16.0 Å². The summed E-state index contributed by atoms with van der Waals surface area (Å²) in [5.41, 5.74) is 5.50. The minimum Gasteiger partial charge on any atom is -0.343 e. The van der Waals surface area contributed by atoms with E-state index in [2.05, 4.69) is 10.4 Å². The number of hydrogen-bond donors (Lipinski definition) is 2. The zero-order valence-electron chi connectivity index (χ0n) is 19.3. The van der Waals surface area contributed by atoms with Gasteiger partial charge in [0.2, 0.25) is 5.91 Å². The highest BCUT2D eigenvalue weighted by Crippen LogP contribution is 2.37. The van der Waals surface area contributed by atoms with Gasteiger partial charge in [-0.2, -0.15) is 18.3 Å². The van der Waals surface area contributed by atoms with Gasteiger partial charge in [-0.05, 0) is 69.2 Å². The fraction of sp³-hybridized carbons (Fsp3) is 0.565. The number of benzene rings is 1. The summed E-state index contributed by atoms with van der Waals surface area (Å²) >= 11 is 0. The van der Waals surface area contributed by atoms with Crippen molar-refractivity contribution >= 4 is 21.6 Å². The first-order valence-electron chi connectivity index (χ1n) is 11.7.